The molecule has 0 aliphatic rings. The van der Waals surface area contributed by atoms with Crippen LogP contribution in [0.3, 0.4) is 0 Å². The van der Waals surface area contributed by atoms with Crippen molar-refractivity contribution < 1.29 is 81.2 Å². The Balaban J connectivity index is 1.92. The van der Waals surface area contributed by atoms with E-state index < -0.39 is 138 Å². The average molecular weight is 651 g/mol. The van der Waals surface area contributed by atoms with E-state index in [4.69, 9.17) is 5.73 Å². The standard InChI is InChI=1S/C25H7F14NO4/c1-2-5(26)11(32)24(17(38)20(2)41)43-22-12(33)6(27)3(7(28)13(22)34)4-8(29)14(35)23(15(36)9(4)30)44-25-16(37)10(31)19(40)21(42)18(25)39/h41-42H,40H2,1H3. The second kappa shape index (κ2) is 10.9. The number of hydrogen-bond donors (Lipinski definition) is 3. The Morgan fingerprint density at radius 3 is 1.02 bits per heavy atom. The van der Waals surface area contributed by atoms with Crippen LogP contribution < -0.4 is 15.2 Å². The molecule has 0 amide bonds. The Kier molecular flexibility index (Phi) is 7.86. The van der Waals surface area contributed by atoms with Gasteiger partial charge in [0.1, 0.15) is 5.69 Å². The monoisotopic (exact) mass is 651 g/mol. The molecule has 0 atom stereocenters. The normalized spacial score (nSPS) is 11.3. The second-order valence-corrected chi connectivity index (χ2v) is 8.40. The molecule has 0 fully saturated rings. The number of nitrogens with two attached hydrogens (primary N) is 1. The number of ether oxygens (including phenoxy) is 2. The van der Waals surface area contributed by atoms with Crippen LogP contribution in [0.25, 0.3) is 11.1 Å². The first-order valence-corrected chi connectivity index (χ1v) is 10.9. The van der Waals surface area contributed by atoms with Gasteiger partial charge in [-0.1, -0.05) is 0 Å². The predicted octanol–water partition coefficient (Wildman–Crippen LogP) is 8.19. The number of halogens is 14. The summed E-state index contributed by atoms with van der Waals surface area (Å²) in [6.07, 6.45) is 0. The van der Waals surface area contributed by atoms with Gasteiger partial charge in [0.15, 0.2) is 46.4 Å². The molecule has 4 rings (SSSR count). The molecule has 0 saturated heterocycles. The lowest BCUT2D eigenvalue weighted by Crippen LogP contribution is -2.10. The van der Waals surface area contributed by atoms with Crippen LogP contribution in [0.2, 0.25) is 0 Å². The topological polar surface area (TPSA) is 84.9 Å². The van der Waals surface area contributed by atoms with E-state index in [0.29, 0.717) is 6.92 Å². The van der Waals surface area contributed by atoms with Crippen LogP contribution in [0.15, 0.2) is 0 Å². The van der Waals surface area contributed by atoms with Crippen molar-refractivity contribution in [2.24, 2.45) is 0 Å². The van der Waals surface area contributed by atoms with E-state index in [9.17, 15) is 71.7 Å². The number of hydrogen-bond acceptors (Lipinski definition) is 5. The maximum Gasteiger partial charge on any atom is 0.212 e. The molecule has 0 saturated carbocycles. The molecule has 44 heavy (non-hydrogen) atoms. The molecule has 0 aliphatic heterocycles. The Morgan fingerprint density at radius 1 is 0.386 bits per heavy atom. The zero-order valence-corrected chi connectivity index (χ0v) is 20.6. The van der Waals surface area contributed by atoms with Gasteiger partial charge in [-0.15, -0.1) is 0 Å². The van der Waals surface area contributed by atoms with Crippen molar-refractivity contribution in [1.82, 2.24) is 0 Å². The summed E-state index contributed by atoms with van der Waals surface area (Å²) in [6.45, 7) is 0.637. The molecule has 0 spiro atoms. The van der Waals surface area contributed by atoms with Gasteiger partial charge in [0, 0.05) is 5.56 Å². The van der Waals surface area contributed by atoms with Crippen LogP contribution >= 0.6 is 0 Å². The summed E-state index contributed by atoms with van der Waals surface area (Å²) in [5.74, 6) is -50.0. The fourth-order valence-corrected chi connectivity index (χ4v) is 3.61. The van der Waals surface area contributed by atoms with Gasteiger partial charge >= 0.3 is 0 Å². The molecule has 5 nitrogen and oxygen atoms in total. The quantitative estimate of drug-likeness (QED) is 0.0878. The highest BCUT2D eigenvalue weighted by Gasteiger charge is 2.37. The fourth-order valence-electron chi connectivity index (χ4n) is 3.61. The number of phenols is 2. The van der Waals surface area contributed by atoms with Crippen LogP contribution in [0.4, 0.5) is 67.2 Å². The van der Waals surface area contributed by atoms with Gasteiger partial charge in [-0.2, -0.15) is 35.1 Å². The molecule has 0 unspecified atom stereocenters. The first kappa shape index (κ1) is 31.8. The van der Waals surface area contributed by atoms with Gasteiger partial charge in [0.05, 0.1) is 11.1 Å². The molecule has 234 valence electrons. The van der Waals surface area contributed by atoms with E-state index in [1.54, 1.807) is 0 Å². The largest absolute Gasteiger partial charge is 0.504 e. The van der Waals surface area contributed by atoms with Crippen LogP contribution in [0.1, 0.15) is 5.56 Å². The first-order chi connectivity index (χ1) is 20.4. The SMILES string of the molecule is Cc1c(O)c(F)c(Oc2c(F)c(F)c(-c3c(F)c(F)c(Oc4c(F)c(O)c(N)c(F)c4F)c(F)c3F)c(F)c2F)c(F)c1F. The third kappa shape index (κ3) is 4.49. The Bertz CT molecular complexity index is 1660. The summed E-state index contributed by atoms with van der Waals surface area (Å²) in [5, 5.41) is 18.8. The highest BCUT2D eigenvalue weighted by molar-refractivity contribution is 5.70. The lowest BCUT2D eigenvalue weighted by Gasteiger charge is -2.17. The number of benzene rings is 4. The summed E-state index contributed by atoms with van der Waals surface area (Å²) in [5.41, 5.74) is -2.95. The molecular formula is C25H7F14NO4. The maximum atomic E-state index is 14.9. The van der Waals surface area contributed by atoms with E-state index in [-0.39, 0.29) is 0 Å². The summed E-state index contributed by atoms with van der Waals surface area (Å²) in [7, 11) is 0. The van der Waals surface area contributed by atoms with Crippen LogP contribution in [-0.4, -0.2) is 10.2 Å². The van der Waals surface area contributed by atoms with Crippen LogP contribution in [-0.2, 0) is 0 Å². The van der Waals surface area contributed by atoms with E-state index in [2.05, 4.69) is 9.47 Å². The van der Waals surface area contributed by atoms with E-state index in [1.165, 1.54) is 0 Å². The van der Waals surface area contributed by atoms with Crippen molar-refractivity contribution in [3.8, 4) is 45.6 Å². The van der Waals surface area contributed by atoms with Gasteiger partial charge in [0.2, 0.25) is 69.5 Å². The van der Waals surface area contributed by atoms with Crippen molar-refractivity contribution in [1.29, 1.82) is 0 Å². The summed E-state index contributed by atoms with van der Waals surface area (Å²) < 4.78 is 210. The highest BCUT2D eigenvalue weighted by atomic mass is 19.2. The number of rotatable bonds is 5. The third-order valence-corrected chi connectivity index (χ3v) is 5.88. The third-order valence-electron chi connectivity index (χ3n) is 5.88. The lowest BCUT2D eigenvalue weighted by molar-refractivity contribution is 0.319. The van der Waals surface area contributed by atoms with Gasteiger partial charge in [0.25, 0.3) is 0 Å². The second-order valence-electron chi connectivity index (χ2n) is 8.40. The van der Waals surface area contributed by atoms with Gasteiger partial charge in [-0.05, 0) is 6.92 Å². The minimum Gasteiger partial charge on any atom is -0.504 e. The van der Waals surface area contributed by atoms with Crippen LogP contribution in [0.5, 0.6) is 34.5 Å². The molecular weight excluding hydrogens is 644 g/mol. The van der Waals surface area contributed by atoms with Crippen molar-refractivity contribution in [3.05, 3.63) is 87.0 Å². The Hall–Kier alpha value is -5.10. The number of aromatic hydroxyl groups is 2. The fraction of sp³-hybridized carbons (Fsp3) is 0.0400. The molecule has 0 aliphatic carbocycles. The van der Waals surface area contributed by atoms with Crippen molar-refractivity contribution in [3.63, 3.8) is 0 Å². The minimum atomic E-state index is -2.95. The van der Waals surface area contributed by atoms with Crippen molar-refractivity contribution >= 4 is 5.69 Å². The minimum absolute atomic E-state index is 0.637. The number of nitrogen functional groups attached to an aromatic ring is 1. The van der Waals surface area contributed by atoms with Gasteiger partial charge in [-0.25, -0.2) is 26.3 Å². The van der Waals surface area contributed by atoms with E-state index >= 15 is 0 Å². The summed E-state index contributed by atoms with van der Waals surface area (Å²) >= 11 is 0. The first-order valence-electron chi connectivity index (χ1n) is 10.9. The highest BCUT2D eigenvalue weighted by Crippen LogP contribution is 2.46. The maximum absolute atomic E-state index is 14.9. The summed E-state index contributed by atoms with van der Waals surface area (Å²) in [4.78, 5) is 0. The predicted molar refractivity (Wildman–Crippen MR) is 117 cm³/mol. The molecule has 19 heteroatoms. The van der Waals surface area contributed by atoms with Crippen LogP contribution in [0, 0.1) is 88.4 Å². The zero-order valence-electron chi connectivity index (χ0n) is 20.6. The molecule has 4 aromatic carbocycles. The molecule has 0 bridgehead atoms. The molecule has 0 radical (unpaired) electrons. The van der Waals surface area contributed by atoms with Crippen molar-refractivity contribution in [2.45, 2.75) is 6.92 Å². The van der Waals surface area contributed by atoms with Gasteiger partial charge < -0.3 is 25.4 Å². The van der Waals surface area contributed by atoms with E-state index in [1.807, 2.05) is 0 Å². The smallest absolute Gasteiger partial charge is 0.212 e. The molecule has 0 heterocycles. The van der Waals surface area contributed by atoms with Crippen molar-refractivity contribution in [2.75, 3.05) is 5.73 Å². The average Bonchev–Trinajstić information content (AvgIpc) is 2.99. The summed E-state index contributed by atoms with van der Waals surface area (Å²) in [6, 6.07) is 0. The van der Waals surface area contributed by atoms with Gasteiger partial charge in [-0.3, -0.25) is 0 Å². The molecule has 4 N–H and O–H groups in total. The number of phenolic OH excluding ortho intramolecular Hbond substituents is 2. The zero-order chi connectivity index (χ0) is 33.3. The molecule has 0 aromatic heterocycles. The lowest BCUT2D eigenvalue weighted by atomic mass is 10.0. The Labute approximate surface area is 232 Å². The number of anilines is 1. The Morgan fingerprint density at radius 2 is 0.659 bits per heavy atom. The van der Waals surface area contributed by atoms with E-state index in [0.717, 1.165) is 0 Å². The molecule has 4 aromatic rings.